The van der Waals surface area contributed by atoms with Crippen LogP contribution in [0.15, 0.2) is 12.1 Å². The molecular formula is C19H23ClFN5O7S. The first-order chi connectivity index (χ1) is 15.8. The summed E-state index contributed by atoms with van der Waals surface area (Å²) < 4.78 is 24.7. The monoisotopic (exact) mass is 519 g/mol. The molecule has 0 radical (unpaired) electrons. The summed E-state index contributed by atoms with van der Waals surface area (Å²) in [5.41, 5.74) is 3.94. The van der Waals surface area contributed by atoms with E-state index in [0.29, 0.717) is 9.80 Å². The van der Waals surface area contributed by atoms with Crippen molar-refractivity contribution in [1.29, 1.82) is 0 Å². The molecule has 0 saturated carbocycles. The molecule has 1 aromatic rings. The number of hydrogen-bond acceptors (Lipinski definition) is 9. The average molecular weight is 520 g/mol. The van der Waals surface area contributed by atoms with E-state index in [1.807, 2.05) is 0 Å². The van der Waals surface area contributed by atoms with E-state index in [2.05, 4.69) is 17.4 Å². The van der Waals surface area contributed by atoms with E-state index in [4.69, 9.17) is 22.1 Å². The number of hydrogen-bond donors (Lipinski definition) is 2. The average Bonchev–Trinajstić information content (AvgIpc) is 2.81. The van der Waals surface area contributed by atoms with Crippen LogP contribution in [0, 0.1) is 5.82 Å². The van der Waals surface area contributed by atoms with Crippen molar-refractivity contribution in [2.45, 2.75) is 18.5 Å². The van der Waals surface area contributed by atoms with Gasteiger partial charge in [0.1, 0.15) is 18.1 Å². The summed E-state index contributed by atoms with van der Waals surface area (Å²) in [4.78, 5) is 65.0. The van der Waals surface area contributed by atoms with Crippen LogP contribution in [0.25, 0.3) is 0 Å². The Bertz CT molecular complexity index is 1010. The second-order valence-electron chi connectivity index (χ2n) is 7.06. The van der Waals surface area contributed by atoms with Crippen LogP contribution < -0.4 is 15.4 Å². The molecule has 1 aliphatic rings. The molecule has 0 bridgehead atoms. The topological polar surface area (TPSA) is 143 Å². The first-order valence-corrected chi connectivity index (χ1v) is 10.5. The van der Waals surface area contributed by atoms with Crippen molar-refractivity contribution in [3.8, 4) is 5.75 Å². The number of esters is 1. The van der Waals surface area contributed by atoms with Gasteiger partial charge < -0.3 is 15.2 Å². The SMILES string of the molecule is COC(=O)CN(C(=O)CN)C(=O)C(C)Oc1cc(N2C(=O)N(C)C(S)N(C)C2=O)c(F)cc1Cl. The largest absolute Gasteiger partial charge is 0.479 e. The molecule has 2 rings (SSSR count). The van der Waals surface area contributed by atoms with Crippen LogP contribution in [0.2, 0.25) is 5.02 Å². The normalized spacial score (nSPS) is 15.4. The Morgan fingerprint density at radius 3 is 2.29 bits per heavy atom. The number of carbonyl (C=O) groups excluding carboxylic acids is 5. The molecule has 1 aromatic carbocycles. The number of urea groups is 2. The van der Waals surface area contributed by atoms with Gasteiger partial charge in [0, 0.05) is 20.2 Å². The van der Waals surface area contributed by atoms with Gasteiger partial charge in [0.15, 0.2) is 11.6 Å². The smallest absolute Gasteiger partial charge is 0.334 e. The molecule has 1 atom stereocenters. The zero-order valence-corrected chi connectivity index (χ0v) is 20.3. The number of imide groups is 2. The molecule has 0 aliphatic carbocycles. The van der Waals surface area contributed by atoms with Crippen molar-refractivity contribution in [2.75, 3.05) is 39.2 Å². The Labute approximate surface area is 204 Å². The minimum absolute atomic E-state index is 0.268. The highest BCUT2D eigenvalue weighted by Gasteiger charge is 2.41. The number of methoxy groups -OCH3 is 1. The van der Waals surface area contributed by atoms with Gasteiger partial charge in [-0.15, -0.1) is 12.6 Å². The van der Waals surface area contributed by atoms with Gasteiger partial charge in [0.25, 0.3) is 5.91 Å². The van der Waals surface area contributed by atoms with Crippen molar-refractivity contribution in [1.82, 2.24) is 14.7 Å². The van der Waals surface area contributed by atoms with Gasteiger partial charge in [0.05, 0.1) is 24.4 Å². The zero-order chi connectivity index (χ0) is 25.9. The van der Waals surface area contributed by atoms with Gasteiger partial charge in [-0.05, 0) is 13.0 Å². The van der Waals surface area contributed by atoms with Crippen molar-refractivity contribution in [3.63, 3.8) is 0 Å². The summed E-state index contributed by atoms with van der Waals surface area (Å²) in [7, 11) is 3.81. The van der Waals surface area contributed by atoms with Crippen molar-refractivity contribution < 1.29 is 37.8 Å². The molecule has 1 unspecified atom stereocenters. The van der Waals surface area contributed by atoms with Gasteiger partial charge in [0.2, 0.25) is 5.91 Å². The number of nitrogens with two attached hydrogens (primary N) is 1. The highest BCUT2D eigenvalue weighted by molar-refractivity contribution is 7.80. The summed E-state index contributed by atoms with van der Waals surface area (Å²) in [5.74, 6) is -3.97. The number of anilines is 1. The zero-order valence-electron chi connectivity index (χ0n) is 18.7. The maximum atomic E-state index is 14.7. The van der Waals surface area contributed by atoms with E-state index in [9.17, 15) is 28.4 Å². The van der Waals surface area contributed by atoms with Crippen LogP contribution in [0.5, 0.6) is 5.75 Å². The molecule has 6 amide bonds. The third-order valence-electron chi connectivity index (χ3n) is 4.83. The van der Waals surface area contributed by atoms with Gasteiger partial charge in [-0.2, -0.15) is 0 Å². The fraction of sp³-hybridized carbons (Fsp3) is 0.421. The number of thiol groups is 1. The first-order valence-electron chi connectivity index (χ1n) is 9.64. The maximum absolute atomic E-state index is 14.7. The molecule has 1 aliphatic heterocycles. The minimum Gasteiger partial charge on any atom is -0.479 e. The number of rotatable bonds is 7. The summed E-state index contributed by atoms with van der Waals surface area (Å²) in [5, 5.41) is -0.281. The van der Waals surface area contributed by atoms with Crippen molar-refractivity contribution in [3.05, 3.63) is 23.0 Å². The summed E-state index contributed by atoms with van der Waals surface area (Å²) in [6.45, 7) is -0.0227. The minimum atomic E-state index is -1.41. The van der Waals surface area contributed by atoms with Crippen LogP contribution in [-0.2, 0) is 19.1 Å². The third kappa shape index (κ3) is 5.34. The van der Waals surface area contributed by atoms with Crippen molar-refractivity contribution >= 4 is 59.8 Å². The molecule has 34 heavy (non-hydrogen) atoms. The van der Waals surface area contributed by atoms with Gasteiger partial charge in [-0.25, -0.2) is 18.9 Å². The highest BCUT2D eigenvalue weighted by atomic mass is 35.5. The molecule has 1 saturated heterocycles. The molecule has 12 nitrogen and oxygen atoms in total. The van der Waals surface area contributed by atoms with E-state index in [1.165, 1.54) is 21.0 Å². The lowest BCUT2D eigenvalue weighted by atomic mass is 10.2. The fourth-order valence-corrected chi connectivity index (χ4v) is 3.29. The number of nitrogens with zero attached hydrogens (tertiary/aromatic N) is 4. The second kappa shape index (κ2) is 10.9. The van der Waals surface area contributed by atoms with Gasteiger partial charge >= 0.3 is 18.0 Å². The van der Waals surface area contributed by atoms with E-state index >= 15 is 0 Å². The van der Waals surface area contributed by atoms with Crippen LogP contribution in [-0.4, -0.2) is 90.4 Å². The lowest BCUT2D eigenvalue weighted by Crippen LogP contribution is -2.62. The van der Waals surface area contributed by atoms with E-state index in [0.717, 1.165) is 29.0 Å². The lowest BCUT2D eigenvalue weighted by Gasteiger charge is -2.41. The van der Waals surface area contributed by atoms with E-state index in [1.54, 1.807) is 0 Å². The molecule has 1 fully saturated rings. The number of benzene rings is 1. The maximum Gasteiger partial charge on any atom is 0.334 e. The van der Waals surface area contributed by atoms with E-state index in [-0.39, 0.29) is 10.8 Å². The molecule has 2 N–H and O–H groups in total. The predicted octanol–water partition coefficient (Wildman–Crippen LogP) is 0.870. The Morgan fingerprint density at radius 2 is 1.79 bits per heavy atom. The van der Waals surface area contributed by atoms with Crippen LogP contribution in [0.4, 0.5) is 19.7 Å². The number of halogens is 2. The fourth-order valence-electron chi connectivity index (χ4n) is 2.89. The summed E-state index contributed by atoms with van der Waals surface area (Å²) in [6, 6.07) is 0.0376. The van der Waals surface area contributed by atoms with E-state index < -0.39 is 66.0 Å². The second-order valence-corrected chi connectivity index (χ2v) is 7.93. The van der Waals surface area contributed by atoms with Crippen molar-refractivity contribution in [2.24, 2.45) is 5.73 Å². The van der Waals surface area contributed by atoms with Gasteiger partial charge in [-0.3, -0.25) is 29.1 Å². The Morgan fingerprint density at radius 1 is 1.24 bits per heavy atom. The number of carbonyl (C=O) groups is 5. The quantitative estimate of drug-likeness (QED) is 0.399. The highest BCUT2D eigenvalue weighted by Crippen LogP contribution is 2.35. The lowest BCUT2D eigenvalue weighted by molar-refractivity contribution is -0.156. The Kier molecular flexibility index (Phi) is 8.69. The number of amides is 6. The molecule has 15 heteroatoms. The third-order valence-corrected chi connectivity index (χ3v) is 5.82. The van der Waals surface area contributed by atoms with Crippen LogP contribution >= 0.6 is 24.2 Å². The molecule has 0 aromatic heterocycles. The summed E-state index contributed by atoms with van der Waals surface area (Å²) >= 11 is 10.2. The standard InChI is InChI=1S/C19H23ClFN5O7S/c1-9(16(29)25(14(27)7-22)8-15(28)32-4)33-13-6-12(11(21)5-10(13)20)26-17(30)23(2)19(34)24(3)18(26)31/h5-6,9,19,34H,7-8,22H2,1-4H3. The van der Waals surface area contributed by atoms with Crippen LogP contribution in [0.3, 0.4) is 0 Å². The Hall–Kier alpha value is -3.10. The predicted molar refractivity (Wildman–Crippen MR) is 121 cm³/mol. The Balaban J connectivity index is 2.38. The molecule has 0 spiro atoms. The number of ether oxygens (including phenoxy) is 2. The molecule has 1 heterocycles. The summed E-state index contributed by atoms with van der Waals surface area (Å²) in [6.07, 6.45) is -1.41. The molecular weight excluding hydrogens is 497 g/mol. The van der Waals surface area contributed by atoms with Crippen LogP contribution in [0.1, 0.15) is 6.92 Å². The molecule has 186 valence electrons. The van der Waals surface area contributed by atoms with Gasteiger partial charge in [-0.1, -0.05) is 11.6 Å². The first kappa shape index (κ1) is 27.1.